The minimum absolute atomic E-state index is 0.478. The third-order valence-electron chi connectivity index (χ3n) is 8.33. The van der Waals surface area contributed by atoms with E-state index in [0.717, 1.165) is 55.6 Å². The number of methoxy groups -OCH3 is 1. The number of hydrogen-bond donors (Lipinski definition) is 1. The predicted molar refractivity (Wildman–Crippen MR) is 150 cm³/mol. The lowest BCUT2D eigenvalue weighted by molar-refractivity contribution is 0.0938. The quantitative estimate of drug-likeness (QED) is 0.567. The molecule has 202 valence electrons. The third kappa shape index (κ3) is 6.28. The summed E-state index contributed by atoms with van der Waals surface area (Å²) in [5.74, 6) is 2.25. The summed E-state index contributed by atoms with van der Waals surface area (Å²) in [5, 5.41) is 6.27. The normalized spacial score (nSPS) is 22.7. The molecule has 1 saturated carbocycles. The van der Waals surface area contributed by atoms with Crippen molar-refractivity contribution in [2.75, 3.05) is 65.0 Å². The van der Waals surface area contributed by atoms with Gasteiger partial charge < -0.3 is 20.3 Å². The van der Waals surface area contributed by atoms with Crippen LogP contribution in [0.15, 0.2) is 23.6 Å². The van der Waals surface area contributed by atoms with Crippen molar-refractivity contribution in [3.63, 3.8) is 0 Å². The van der Waals surface area contributed by atoms with Crippen molar-refractivity contribution in [3.05, 3.63) is 29.1 Å². The lowest BCUT2D eigenvalue weighted by Crippen LogP contribution is -2.58. The molecule has 3 fully saturated rings. The SMILES string of the molecule is COc1cc(-c2csc(N(C(N)=O)N3CCN(C[C@@H]4CCCN(C)C4)CC3)n2)ccc1C1CCCCC1. The van der Waals surface area contributed by atoms with E-state index in [0.29, 0.717) is 11.0 Å². The molecule has 0 bridgehead atoms. The van der Waals surface area contributed by atoms with Gasteiger partial charge in [0.15, 0.2) is 0 Å². The van der Waals surface area contributed by atoms with Gasteiger partial charge in [-0.3, -0.25) is 0 Å². The molecule has 1 aromatic heterocycles. The highest BCUT2D eigenvalue weighted by atomic mass is 32.1. The Kier molecular flexibility index (Phi) is 8.64. The number of carbonyl (C=O) groups is 1. The Bertz CT molecular complexity index is 1050. The van der Waals surface area contributed by atoms with Crippen molar-refractivity contribution in [2.24, 2.45) is 11.7 Å². The molecule has 5 rings (SSSR count). The van der Waals surface area contributed by atoms with E-state index in [1.54, 1.807) is 12.1 Å². The molecule has 1 aliphatic carbocycles. The molecule has 2 saturated heterocycles. The Balaban J connectivity index is 1.25. The van der Waals surface area contributed by atoms with Crippen LogP contribution in [0.25, 0.3) is 11.3 Å². The molecule has 2 aromatic rings. The molecule has 0 unspecified atom stereocenters. The monoisotopic (exact) mass is 526 g/mol. The number of carbonyl (C=O) groups excluding carboxylic acids is 1. The molecule has 0 spiro atoms. The molecule has 8 nitrogen and oxygen atoms in total. The Morgan fingerprint density at radius 3 is 2.59 bits per heavy atom. The number of thiazole rings is 1. The van der Waals surface area contributed by atoms with E-state index in [4.69, 9.17) is 15.5 Å². The summed E-state index contributed by atoms with van der Waals surface area (Å²) in [6, 6.07) is 5.96. The molecular formula is C28H42N6O2S. The molecule has 1 aromatic carbocycles. The van der Waals surface area contributed by atoms with Crippen LogP contribution in [0.5, 0.6) is 5.75 Å². The second kappa shape index (κ2) is 12.1. The number of nitrogens with zero attached hydrogens (tertiary/aromatic N) is 5. The van der Waals surface area contributed by atoms with E-state index in [2.05, 4.69) is 40.1 Å². The van der Waals surface area contributed by atoms with Gasteiger partial charge in [-0.25, -0.2) is 14.8 Å². The van der Waals surface area contributed by atoms with Gasteiger partial charge >= 0.3 is 6.03 Å². The first-order chi connectivity index (χ1) is 18.0. The number of ether oxygens (including phenoxy) is 1. The number of hydrazine groups is 1. The minimum atomic E-state index is -0.478. The number of amides is 2. The van der Waals surface area contributed by atoms with Crippen molar-refractivity contribution < 1.29 is 9.53 Å². The van der Waals surface area contributed by atoms with E-state index in [1.165, 1.54) is 74.9 Å². The van der Waals surface area contributed by atoms with Gasteiger partial charge in [0.1, 0.15) is 5.75 Å². The summed E-state index contributed by atoms with van der Waals surface area (Å²) in [6.07, 6.45) is 8.98. The second-order valence-electron chi connectivity index (χ2n) is 11.0. The largest absolute Gasteiger partial charge is 0.496 e. The van der Waals surface area contributed by atoms with Crippen molar-refractivity contribution >= 4 is 22.5 Å². The van der Waals surface area contributed by atoms with E-state index in [9.17, 15) is 4.79 Å². The van der Waals surface area contributed by atoms with Crippen LogP contribution in [-0.4, -0.2) is 85.8 Å². The first-order valence-corrected chi connectivity index (χ1v) is 14.8. The average molecular weight is 527 g/mol. The maximum absolute atomic E-state index is 12.5. The van der Waals surface area contributed by atoms with Crippen LogP contribution in [0.2, 0.25) is 0 Å². The zero-order valence-electron chi connectivity index (χ0n) is 22.4. The number of hydrogen-bond acceptors (Lipinski definition) is 7. The van der Waals surface area contributed by atoms with Crippen molar-refractivity contribution in [1.29, 1.82) is 0 Å². The van der Waals surface area contributed by atoms with Gasteiger partial charge in [-0.2, -0.15) is 5.01 Å². The van der Waals surface area contributed by atoms with Gasteiger partial charge in [0.2, 0.25) is 5.13 Å². The van der Waals surface area contributed by atoms with Crippen LogP contribution >= 0.6 is 11.3 Å². The second-order valence-corrected chi connectivity index (χ2v) is 11.8. The summed E-state index contributed by atoms with van der Waals surface area (Å²) >= 11 is 1.46. The Morgan fingerprint density at radius 2 is 1.89 bits per heavy atom. The molecule has 3 heterocycles. The maximum atomic E-state index is 12.5. The molecule has 0 radical (unpaired) electrons. The summed E-state index contributed by atoms with van der Waals surface area (Å²) in [4.78, 5) is 22.4. The highest BCUT2D eigenvalue weighted by molar-refractivity contribution is 7.14. The Labute approximate surface area is 225 Å². The van der Waals surface area contributed by atoms with E-state index in [-0.39, 0.29) is 0 Å². The summed E-state index contributed by atoms with van der Waals surface area (Å²) in [5.41, 5.74) is 9.02. The number of aromatic nitrogens is 1. The predicted octanol–water partition coefficient (Wildman–Crippen LogP) is 4.63. The maximum Gasteiger partial charge on any atom is 0.336 e. The zero-order valence-corrected chi connectivity index (χ0v) is 23.2. The zero-order chi connectivity index (χ0) is 25.8. The number of likely N-dealkylation sites (tertiary alicyclic amines) is 1. The standard InChI is InChI=1S/C28H42N6O2S/c1-31-12-6-7-21(18-31)19-32-13-15-33(16-14-32)34(27(29)35)28-30-25(20-37-28)23-10-11-24(26(17-23)36-2)22-8-4-3-5-9-22/h10-11,17,20-22H,3-9,12-16,18-19H2,1-2H3,(H2,29,35)/t21-/m1/s1. The lowest BCUT2D eigenvalue weighted by Gasteiger charge is -2.41. The number of benzene rings is 1. The van der Waals surface area contributed by atoms with E-state index in [1.807, 2.05) is 5.38 Å². The fourth-order valence-electron chi connectivity index (χ4n) is 6.38. The van der Waals surface area contributed by atoms with E-state index < -0.39 is 6.03 Å². The van der Waals surface area contributed by atoms with Crippen LogP contribution in [0, 0.1) is 5.92 Å². The first-order valence-electron chi connectivity index (χ1n) is 13.9. The van der Waals surface area contributed by atoms with Gasteiger partial charge in [0, 0.05) is 50.2 Å². The molecule has 2 amide bonds. The number of primary amides is 1. The molecule has 3 aliphatic rings. The van der Waals surface area contributed by atoms with Gasteiger partial charge in [-0.1, -0.05) is 31.4 Å². The number of urea groups is 1. The van der Waals surface area contributed by atoms with Gasteiger partial charge in [-0.15, -0.1) is 11.3 Å². The fraction of sp³-hybridized carbons (Fsp3) is 0.643. The van der Waals surface area contributed by atoms with Gasteiger partial charge in [0.05, 0.1) is 12.8 Å². The summed E-state index contributed by atoms with van der Waals surface area (Å²) in [6.45, 7) is 6.93. The van der Waals surface area contributed by atoms with Crippen LogP contribution in [0.4, 0.5) is 9.93 Å². The summed E-state index contributed by atoms with van der Waals surface area (Å²) < 4.78 is 5.79. The molecular weight excluding hydrogens is 484 g/mol. The number of rotatable bonds is 7. The van der Waals surface area contributed by atoms with Crippen LogP contribution in [-0.2, 0) is 0 Å². The van der Waals surface area contributed by atoms with Crippen molar-refractivity contribution in [2.45, 2.75) is 50.9 Å². The average Bonchev–Trinajstić information content (AvgIpc) is 3.39. The number of piperazine rings is 1. The molecule has 2 aliphatic heterocycles. The Hall–Kier alpha value is -2.20. The number of nitrogens with two attached hydrogens (primary N) is 1. The van der Waals surface area contributed by atoms with Crippen molar-refractivity contribution in [1.82, 2.24) is 19.8 Å². The van der Waals surface area contributed by atoms with Crippen molar-refractivity contribution in [3.8, 4) is 17.0 Å². The highest BCUT2D eigenvalue weighted by Gasteiger charge is 2.30. The van der Waals surface area contributed by atoms with E-state index >= 15 is 0 Å². The third-order valence-corrected chi connectivity index (χ3v) is 9.14. The van der Waals surface area contributed by atoms with Crippen LogP contribution in [0.3, 0.4) is 0 Å². The van der Waals surface area contributed by atoms with Crippen LogP contribution < -0.4 is 15.5 Å². The number of piperidine rings is 1. The smallest absolute Gasteiger partial charge is 0.336 e. The van der Waals surface area contributed by atoms with Crippen LogP contribution in [0.1, 0.15) is 56.4 Å². The highest BCUT2D eigenvalue weighted by Crippen LogP contribution is 2.40. The Morgan fingerprint density at radius 1 is 1.11 bits per heavy atom. The fourth-order valence-corrected chi connectivity index (χ4v) is 7.24. The first kappa shape index (κ1) is 26.4. The molecule has 37 heavy (non-hydrogen) atoms. The summed E-state index contributed by atoms with van der Waals surface area (Å²) in [7, 11) is 3.97. The van der Waals surface area contributed by atoms with Gasteiger partial charge in [-0.05, 0) is 62.7 Å². The molecule has 2 N–H and O–H groups in total. The minimum Gasteiger partial charge on any atom is -0.496 e. The number of anilines is 1. The van der Waals surface area contributed by atoms with Gasteiger partial charge in [0.25, 0.3) is 0 Å². The molecule has 9 heteroatoms. The topological polar surface area (TPSA) is 78.2 Å². The lowest BCUT2D eigenvalue weighted by atomic mass is 9.83. The molecule has 1 atom stereocenters.